The van der Waals surface area contributed by atoms with Crippen molar-refractivity contribution >= 4 is 34.5 Å². The topological polar surface area (TPSA) is 85.6 Å². The molecule has 32 heavy (non-hydrogen) atoms. The molecular weight excluding hydrogens is 424 g/mol. The molecular formula is C24H17ClN6O. The maximum absolute atomic E-state index is 12.8. The number of benzene rings is 3. The van der Waals surface area contributed by atoms with Gasteiger partial charge in [-0.25, -0.2) is 14.6 Å². The van der Waals surface area contributed by atoms with Crippen molar-refractivity contribution in [3.8, 4) is 11.4 Å². The van der Waals surface area contributed by atoms with E-state index in [-0.39, 0.29) is 5.91 Å². The Morgan fingerprint density at radius 2 is 1.56 bits per heavy atom. The fourth-order valence-corrected chi connectivity index (χ4v) is 3.43. The molecule has 0 saturated carbocycles. The van der Waals surface area contributed by atoms with Crippen LogP contribution in [0.15, 0.2) is 84.9 Å². The van der Waals surface area contributed by atoms with Crippen molar-refractivity contribution in [2.75, 3.05) is 5.32 Å². The predicted octanol–water partition coefficient (Wildman–Crippen LogP) is 4.84. The van der Waals surface area contributed by atoms with Crippen LogP contribution in [0, 0.1) is 0 Å². The Morgan fingerprint density at radius 1 is 0.875 bits per heavy atom. The Morgan fingerprint density at radius 3 is 2.28 bits per heavy atom. The molecule has 0 saturated heterocycles. The summed E-state index contributed by atoms with van der Waals surface area (Å²) in [6.45, 7) is 0.493. The van der Waals surface area contributed by atoms with Crippen molar-refractivity contribution in [1.82, 2.24) is 25.0 Å². The molecule has 8 heteroatoms. The monoisotopic (exact) mass is 440 g/mol. The summed E-state index contributed by atoms with van der Waals surface area (Å²) in [4.78, 5) is 22.1. The van der Waals surface area contributed by atoms with Crippen LogP contribution in [0.1, 0.15) is 15.9 Å². The summed E-state index contributed by atoms with van der Waals surface area (Å²) in [7, 11) is 0. The quantitative estimate of drug-likeness (QED) is 0.422. The Kier molecular flexibility index (Phi) is 5.31. The lowest BCUT2D eigenvalue weighted by atomic mass is 10.2. The van der Waals surface area contributed by atoms with Gasteiger partial charge in [-0.15, -0.1) is 5.10 Å². The van der Waals surface area contributed by atoms with Gasteiger partial charge in [-0.1, -0.05) is 77.5 Å². The van der Waals surface area contributed by atoms with Crippen LogP contribution in [0.25, 0.3) is 22.6 Å². The standard InChI is InChI=1S/C24H17ClN6O/c25-19-13-11-18(12-14-19)24(32)28-22-20-23(27-21(26-22)17-9-5-2-6-10-17)31(30-29-20)15-16-7-3-1-4-8-16/h1-14H,15H2,(H,26,27,28,32). The summed E-state index contributed by atoms with van der Waals surface area (Å²) in [6.07, 6.45) is 0. The predicted molar refractivity (Wildman–Crippen MR) is 124 cm³/mol. The third-order valence-corrected chi connectivity index (χ3v) is 5.16. The fraction of sp³-hybridized carbons (Fsp3) is 0.0417. The van der Waals surface area contributed by atoms with Gasteiger partial charge in [0.2, 0.25) is 0 Å². The van der Waals surface area contributed by atoms with Gasteiger partial charge in [0.1, 0.15) is 0 Å². The average Bonchev–Trinajstić information content (AvgIpc) is 3.23. The van der Waals surface area contributed by atoms with Crippen LogP contribution in [0.3, 0.4) is 0 Å². The van der Waals surface area contributed by atoms with Crippen LogP contribution in [0.4, 0.5) is 5.82 Å². The molecule has 0 spiro atoms. The molecule has 7 nitrogen and oxygen atoms in total. The number of rotatable bonds is 5. The van der Waals surface area contributed by atoms with E-state index in [0.29, 0.717) is 39.9 Å². The fourth-order valence-electron chi connectivity index (χ4n) is 3.30. The van der Waals surface area contributed by atoms with Crippen molar-refractivity contribution < 1.29 is 4.79 Å². The first-order valence-corrected chi connectivity index (χ1v) is 10.3. The first-order valence-electron chi connectivity index (χ1n) is 9.95. The van der Waals surface area contributed by atoms with Gasteiger partial charge < -0.3 is 5.32 Å². The van der Waals surface area contributed by atoms with Crippen LogP contribution >= 0.6 is 11.6 Å². The number of nitrogens with one attached hydrogen (secondary N) is 1. The second kappa shape index (κ2) is 8.56. The number of carbonyl (C=O) groups excluding carboxylic acids is 1. The third-order valence-electron chi connectivity index (χ3n) is 4.91. The van der Waals surface area contributed by atoms with Gasteiger partial charge in [0.15, 0.2) is 22.8 Å². The van der Waals surface area contributed by atoms with Gasteiger partial charge in [0.25, 0.3) is 5.91 Å². The number of aromatic nitrogens is 5. The molecule has 0 aliphatic carbocycles. The number of amides is 1. The van der Waals surface area contributed by atoms with Crippen molar-refractivity contribution in [3.05, 3.63) is 101 Å². The lowest BCUT2D eigenvalue weighted by Gasteiger charge is -2.09. The van der Waals surface area contributed by atoms with Gasteiger partial charge in [-0.05, 0) is 29.8 Å². The lowest BCUT2D eigenvalue weighted by Crippen LogP contribution is -2.14. The van der Waals surface area contributed by atoms with Gasteiger partial charge >= 0.3 is 0 Å². The molecule has 0 aliphatic rings. The Bertz CT molecular complexity index is 1390. The Balaban J connectivity index is 1.59. The van der Waals surface area contributed by atoms with Gasteiger partial charge in [0.05, 0.1) is 6.54 Å². The number of carbonyl (C=O) groups is 1. The minimum atomic E-state index is -0.321. The first-order chi connectivity index (χ1) is 15.7. The van der Waals surface area contributed by atoms with Crippen LogP contribution in [-0.2, 0) is 6.54 Å². The van der Waals surface area contributed by atoms with E-state index < -0.39 is 0 Å². The summed E-state index contributed by atoms with van der Waals surface area (Å²) in [6, 6.07) is 26.1. The summed E-state index contributed by atoms with van der Waals surface area (Å²) >= 11 is 5.94. The largest absolute Gasteiger partial charge is 0.304 e. The van der Waals surface area contributed by atoms with E-state index in [1.807, 2.05) is 60.7 Å². The van der Waals surface area contributed by atoms with Gasteiger partial charge in [0, 0.05) is 16.1 Å². The molecule has 1 N–H and O–H groups in total. The minimum absolute atomic E-state index is 0.299. The van der Waals surface area contributed by atoms with Crippen molar-refractivity contribution in [2.45, 2.75) is 6.54 Å². The summed E-state index contributed by atoms with van der Waals surface area (Å²) in [5, 5.41) is 12.0. The molecule has 5 rings (SSSR count). The molecule has 1 amide bonds. The first kappa shape index (κ1) is 19.8. The lowest BCUT2D eigenvalue weighted by molar-refractivity contribution is 0.102. The minimum Gasteiger partial charge on any atom is -0.304 e. The molecule has 5 aromatic rings. The highest BCUT2D eigenvalue weighted by molar-refractivity contribution is 6.30. The second-order valence-corrected chi connectivity index (χ2v) is 7.56. The molecule has 156 valence electrons. The van der Waals surface area contributed by atoms with E-state index in [9.17, 15) is 4.79 Å². The Hall–Kier alpha value is -4.10. The zero-order valence-corrected chi connectivity index (χ0v) is 17.6. The number of hydrogen-bond acceptors (Lipinski definition) is 5. The number of hydrogen-bond donors (Lipinski definition) is 1. The summed E-state index contributed by atoms with van der Waals surface area (Å²) in [5.74, 6) is 0.451. The van der Waals surface area contributed by atoms with E-state index >= 15 is 0 Å². The van der Waals surface area contributed by atoms with E-state index in [4.69, 9.17) is 16.6 Å². The molecule has 3 aromatic carbocycles. The SMILES string of the molecule is O=C(Nc1nc(-c2ccccc2)nc2c1nnn2Cc1ccccc1)c1ccc(Cl)cc1. The number of anilines is 1. The summed E-state index contributed by atoms with van der Waals surface area (Å²) < 4.78 is 1.71. The van der Waals surface area contributed by atoms with E-state index in [1.54, 1.807) is 28.9 Å². The highest BCUT2D eigenvalue weighted by Crippen LogP contribution is 2.24. The smallest absolute Gasteiger partial charge is 0.256 e. The van der Waals surface area contributed by atoms with E-state index in [0.717, 1.165) is 11.1 Å². The molecule has 2 aromatic heterocycles. The maximum Gasteiger partial charge on any atom is 0.256 e. The highest BCUT2D eigenvalue weighted by Gasteiger charge is 2.18. The van der Waals surface area contributed by atoms with Crippen molar-refractivity contribution in [3.63, 3.8) is 0 Å². The van der Waals surface area contributed by atoms with Gasteiger partial charge in [-0.2, -0.15) is 0 Å². The third kappa shape index (κ3) is 4.06. The normalized spacial score (nSPS) is 10.9. The molecule has 0 fully saturated rings. The Labute approximate surface area is 188 Å². The molecule has 0 aliphatic heterocycles. The van der Waals surface area contributed by atoms with Crippen molar-refractivity contribution in [2.24, 2.45) is 0 Å². The zero-order valence-electron chi connectivity index (χ0n) is 16.8. The number of fused-ring (bicyclic) bond motifs is 1. The van der Waals surface area contributed by atoms with Crippen LogP contribution in [0.2, 0.25) is 5.02 Å². The second-order valence-electron chi connectivity index (χ2n) is 7.13. The van der Waals surface area contributed by atoms with E-state index in [2.05, 4.69) is 20.6 Å². The number of nitrogens with zero attached hydrogens (tertiary/aromatic N) is 5. The van der Waals surface area contributed by atoms with Crippen LogP contribution in [0.5, 0.6) is 0 Å². The summed E-state index contributed by atoms with van der Waals surface area (Å²) in [5.41, 5.74) is 3.30. The molecule has 0 radical (unpaired) electrons. The number of halogens is 1. The molecule has 0 unspecified atom stereocenters. The molecule has 0 atom stereocenters. The molecule has 2 heterocycles. The average molecular weight is 441 g/mol. The molecule has 0 bridgehead atoms. The highest BCUT2D eigenvalue weighted by atomic mass is 35.5. The van der Waals surface area contributed by atoms with Crippen molar-refractivity contribution in [1.29, 1.82) is 0 Å². The van der Waals surface area contributed by atoms with Crippen LogP contribution in [-0.4, -0.2) is 30.9 Å². The zero-order chi connectivity index (χ0) is 21.9. The van der Waals surface area contributed by atoms with E-state index in [1.165, 1.54) is 0 Å². The maximum atomic E-state index is 12.8. The van der Waals surface area contributed by atoms with Crippen LogP contribution < -0.4 is 5.32 Å². The van der Waals surface area contributed by atoms with Gasteiger partial charge in [-0.3, -0.25) is 4.79 Å².